The maximum Gasteiger partial charge on any atom is 0.433 e. The molecule has 0 aromatic carbocycles. The molecule has 2 heterocycles. The lowest BCUT2D eigenvalue weighted by atomic mass is 10.2. The van der Waals surface area contributed by atoms with Gasteiger partial charge in [0.2, 0.25) is 5.88 Å². The Morgan fingerprint density at radius 1 is 1.38 bits per heavy atom. The van der Waals surface area contributed by atoms with Crippen molar-refractivity contribution in [2.75, 3.05) is 25.7 Å². The minimum atomic E-state index is -4.39. The predicted octanol–water partition coefficient (Wildman–Crippen LogP) is 3.35. The van der Waals surface area contributed by atoms with Gasteiger partial charge in [0.1, 0.15) is 11.9 Å². The third-order valence-corrected chi connectivity index (χ3v) is 2.09. The highest BCUT2D eigenvalue weighted by Gasteiger charge is 2.33. The molecule has 3 nitrogen and oxygen atoms in total. The molecule has 1 aromatic heterocycles. The quantitative estimate of drug-likeness (QED) is 0.803. The van der Waals surface area contributed by atoms with Crippen molar-refractivity contribution >= 4 is 11.8 Å². The molecule has 0 saturated carbocycles. The maximum absolute atomic E-state index is 12.1. The standard InChI is InChI=1S/C8H6F3NO.C3H7FO.C2H6S/c9-8(10,11)6-2-1-5-3-4-13-7(5)12-6;1-3(4)2-5;1-3-2/h1-2H,3-4H2;3,5H,2H2,1H3;1-2H3. The van der Waals surface area contributed by atoms with Gasteiger partial charge in [-0.25, -0.2) is 9.37 Å². The van der Waals surface area contributed by atoms with Crippen LogP contribution >= 0.6 is 11.8 Å². The molecule has 8 heteroatoms. The van der Waals surface area contributed by atoms with Gasteiger partial charge in [0.05, 0.1) is 13.2 Å². The number of ether oxygens (including phenoxy) is 1. The average molecular weight is 329 g/mol. The van der Waals surface area contributed by atoms with Crippen LogP contribution in [0.5, 0.6) is 5.88 Å². The number of fused-ring (bicyclic) bond motifs is 1. The smallest absolute Gasteiger partial charge is 0.433 e. The number of thioether (sulfide) groups is 1. The van der Waals surface area contributed by atoms with Crippen LogP contribution in [0.2, 0.25) is 0 Å². The first kappa shape index (κ1) is 20.0. The van der Waals surface area contributed by atoms with Crippen LogP contribution < -0.4 is 4.74 Å². The van der Waals surface area contributed by atoms with Gasteiger partial charge in [-0.1, -0.05) is 6.07 Å². The highest BCUT2D eigenvalue weighted by Crippen LogP contribution is 2.31. The number of aromatic nitrogens is 1. The van der Waals surface area contributed by atoms with Crippen LogP contribution in [0.1, 0.15) is 18.2 Å². The maximum atomic E-state index is 12.1. The second kappa shape index (κ2) is 9.83. The lowest BCUT2D eigenvalue weighted by molar-refractivity contribution is -0.141. The number of aliphatic hydroxyl groups excluding tert-OH is 1. The summed E-state index contributed by atoms with van der Waals surface area (Å²) in [4.78, 5) is 3.38. The van der Waals surface area contributed by atoms with Crippen LogP contribution in [0.4, 0.5) is 17.6 Å². The zero-order chi connectivity index (χ0) is 16.5. The number of hydrogen-bond donors (Lipinski definition) is 1. The van der Waals surface area contributed by atoms with Crippen molar-refractivity contribution in [3.63, 3.8) is 0 Å². The highest BCUT2D eigenvalue weighted by molar-refractivity contribution is 7.97. The zero-order valence-electron chi connectivity index (χ0n) is 12.1. The lowest BCUT2D eigenvalue weighted by Gasteiger charge is -2.06. The molecular weight excluding hydrogens is 310 g/mol. The van der Waals surface area contributed by atoms with Crippen molar-refractivity contribution in [3.8, 4) is 5.88 Å². The summed E-state index contributed by atoms with van der Waals surface area (Å²) in [5.74, 6) is 0.120. The lowest BCUT2D eigenvalue weighted by Crippen LogP contribution is -2.08. The first-order valence-electron chi connectivity index (χ1n) is 6.11. The summed E-state index contributed by atoms with van der Waals surface area (Å²) < 4.78 is 52.5. The molecule has 0 saturated heterocycles. The van der Waals surface area contributed by atoms with E-state index in [2.05, 4.69) is 4.98 Å². The molecule has 1 N–H and O–H groups in total. The monoisotopic (exact) mass is 329 g/mol. The van der Waals surface area contributed by atoms with Gasteiger partial charge in [-0.3, -0.25) is 0 Å². The van der Waals surface area contributed by atoms with Gasteiger partial charge in [-0.15, -0.1) is 0 Å². The summed E-state index contributed by atoms with van der Waals surface area (Å²) in [5.41, 5.74) is -0.152. The van der Waals surface area contributed by atoms with Gasteiger partial charge in [0, 0.05) is 12.0 Å². The number of aliphatic hydroxyl groups is 1. The Hall–Kier alpha value is -1.02. The third kappa shape index (κ3) is 8.11. The number of alkyl halides is 4. The predicted molar refractivity (Wildman–Crippen MR) is 75.5 cm³/mol. The second-order valence-electron chi connectivity index (χ2n) is 4.13. The zero-order valence-corrected chi connectivity index (χ0v) is 12.9. The summed E-state index contributed by atoms with van der Waals surface area (Å²) in [6.45, 7) is 1.36. The molecule has 21 heavy (non-hydrogen) atoms. The van der Waals surface area contributed by atoms with Crippen molar-refractivity contribution in [2.24, 2.45) is 0 Å². The molecule has 0 aliphatic carbocycles. The minimum Gasteiger partial charge on any atom is -0.477 e. The van der Waals surface area contributed by atoms with Gasteiger partial charge >= 0.3 is 6.18 Å². The fourth-order valence-corrected chi connectivity index (χ4v) is 1.20. The largest absolute Gasteiger partial charge is 0.477 e. The van der Waals surface area contributed by atoms with Crippen LogP contribution in [0.3, 0.4) is 0 Å². The molecule has 1 unspecified atom stereocenters. The van der Waals surface area contributed by atoms with E-state index in [1.807, 2.05) is 12.5 Å². The van der Waals surface area contributed by atoms with Gasteiger partial charge in [-0.2, -0.15) is 24.9 Å². The number of hydrogen-bond acceptors (Lipinski definition) is 4. The SMILES string of the molecule is CC(F)CO.CSC.FC(F)(F)c1ccc2c(n1)OCC2. The Kier molecular flexibility index (Phi) is 9.36. The molecule has 0 fully saturated rings. The van der Waals surface area contributed by atoms with E-state index in [-0.39, 0.29) is 12.5 Å². The van der Waals surface area contributed by atoms with Crippen molar-refractivity contribution in [1.29, 1.82) is 0 Å². The van der Waals surface area contributed by atoms with E-state index in [1.54, 1.807) is 11.8 Å². The average Bonchev–Trinajstić information content (AvgIpc) is 2.86. The summed E-state index contributed by atoms with van der Waals surface area (Å²) in [5, 5.41) is 7.77. The van der Waals surface area contributed by atoms with E-state index in [0.29, 0.717) is 13.0 Å². The first-order chi connectivity index (χ1) is 9.76. The fourth-order valence-electron chi connectivity index (χ4n) is 1.20. The van der Waals surface area contributed by atoms with E-state index in [1.165, 1.54) is 13.0 Å². The summed E-state index contributed by atoms with van der Waals surface area (Å²) in [6, 6.07) is 2.39. The Balaban J connectivity index is 0.000000422. The van der Waals surface area contributed by atoms with E-state index < -0.39 is 18.0 Å². The van der Waals surface area contributed by atoms with E-state index in [0.717, 1.165) is 11.6 Å². The highest BCUT2D eigenvalue weighted by atomic mass is 32.2. The summed E-state index contributed by atoms with van der Waals surface area (Å²) in [7, 11) is 0. The molecular formula is C13H19F4NO2S. The topological polar surface area (TPSA) is 42.4 Å². The Morgan fingerprint density at radius 2 is 1.90 bits per heavy atom. The third-order valence-electron chi connectivity index (χ3n) is 2.09. The Labute approximate surface area is 125 Å². The number of pyridine rings is 1. The molecule has 122 valence electrons. The molecule has 1 aromatic rings. The van der Waals surface area contributed by atoms with Crippen molar-refractivity contribution < 1.29 is 27.4 Å². The van der Waals surface area contributed by atoms with Gasteiger partial charge in [0.25, 0.3) is 0 Å². The van der Waals surface area contributed by atoms with Crippen LogP contribution in [0, 0.1) is 0 Å². The molecule has 0 radical (unpaired) electrons. The Morgan fingerprint density at radius 3 is 2.33 bits per heavy atom. The van der Waals surface area contributed by atoms with Crippen LogP contribution in [0.25, 0.3) is 0 Å². The van der Waals surface area contributed by atoms with Crippen LogP contribution in [-0.2, 0) is 12.6 Å². The van der Waals surface area contributed by atoms with E-state index in [9.17, 15) is 17.6 Å². The number of nitrogens with zero attached hydrogens (tertiary/aromatic N) is 1. The molecule has 1 atom stereocenters. The molecule has 0 spiro atoms. The number of halogens is 4. The Bertz CT molecular complexity index is 414. The van der Waals surface area contributed by atoms with Crippen molar-refractivity contribution in [1.82, 2.24) is 4.98 Å². The molecule has 1 aliphatic heterocycles. The normalized spacial score (nSPS) is 13.9. The van der Waals surface area contributed by atoms with Crippen LogP contribution in [0.15, 0.2) is 12.1 Å². The second-order valence-corrected chi connectivity index (χ2v) is 4.95. The fraction of sp³-hybridized carbons (Fsp3) is 0.615. The first-order valence-corrected chi connectivity index (χ1v) is 7.74. The molecule has 2 rings (SSSR count). The van der Waals surface area contributed by atoms with E-state index in [4.69, 9.17) is 9.84 Å². The molecule has 0 amide bonds. The minimum absolute atomic E-state index is 0.120. The van der Waals surface area contributed by atoms with E-state index >= 15 is 0 Å². The summed E-state index contributed by atoms with van der Waals surface area (Å²) >= 11 is 1.75. The van der Waals surface area contributed by atoms with Gasteiger partial charge in [0.15, 0.2) is 0 Å². The van der Waals surface area contributed by atoms with Crippen molar-refractivity contribution in [3.05, 3.63) is 23.4 Å². The van der Waals surface area contributed by atoms with Crippen LogP contribution in [-0.4, -0.2) is 42.0 Å². The number of rotatable bonds is 1. The summed E-state index contributed by atoms with van der Waals surface area (Å²) in [6.07, 6.45) is -0.725. The van der Waals surface area contributed by atoms with Gasteiger partial charge < -0.3 is 9.84 Å². The van der Waals surface area contributed by atoms with Gasteiger partial charge in [-0.05, 0) is 25.5 Å². The van der Waals surface area contributed by atoms with Crippen molar-refractivity contribution in [2.45, 2.75) is 25.7 Å². The molecule has 1 aliphatic rings. The molecule has 0 bridgehead atoms.